The number of rotatable bonds is 3. The van der Waals surface area contributed by atoms with Crippen LogP contribution in [0, 0.1) is 18.6 Å². The van der Waals surface area contributed by atoms with Gasteiger partial charge in [-0.1, -0.05) is 18.2 Å². The first-order chi connectivity index (χ1) is 8.59. The number of nitrogens with two attached hydrogens (primary N) is 1. The Balaban J connectivity index is 2.19. The zero-order valence-corrected chi connectivity index (χ0v) is 10.7. The van der Waals surface area contributed by atoms with E-state index in [2.05, 4.69) is 0 Å². The highest BCUT2D eigenvalue weighted by Gasteiger charge is 2.10. The predicted molar refractivity (Wildman–Crippen MR) is 71.5 cm³/mol. The van der Waals surface area contributed by atoms with Crippen LogP contribution in [-0.4, -0.2) is 0 Å². The Morgan fingerprint density at radius 1 is 1.06 bits per heavy atom. The Kier molecular flexibility index (Phi) is 3.87. The van der Waals surface area contributed by atoms with Crippen LogP contribution < -0.4 is 5.73 Å². The molecule has 2 aromatic carbocycles. The van der Waals surface area contributed by atoms with E-state index in [1.54, 1.807) is 0 Å². The molecule has 0 aromatic heterocycles. The van der Waals surface area contributed by atoms with Crippen molar-refractivity contribution in [2.45, 2.75) is 17.6 Å². The molecular weight excluding hydrogens is 252 g/mol. The van der Waals surface area contributed by atoms with Gasteiger partial charge in [0.15, 0.2) is 0 Å². The van der Waals surface area contributed by atoms with Crippen LogP contribution in [0.3, 0.4) is 0 Å². The summed E-state index contributed by atoms with van der Waals surface area (Å²) in [5, 5.41) is 0. The summed E-state index contributed by atoms with van der Waals surface area (Å²) in [6.45, 7) is 1.91. The Morgan fingerprint density at radius 3 is 2.33 bits per heavy atom. The topological polar surface area (TPSA) is 26.0 Å². The molecule has 4 heteroatoms. The minimum atomic E-state index is -0.520. The molecule has 2 aromatic rings. The number of hydrogen-bond acceptors (Lipinski definition) is 2. The van der Waals surface area contributed by atoms with E-state index in [0.717, 1.165) is 10.5 Å². The summed E-state index contributed by atoms with van der Waals surface area (Å²) in [4.78, 5) is 0.845. The first kappa shape index (κ1) is 12.9. The van der Waals surface area contributed by atoms with Crippen molar-refractivity contribution >= 4 is 17.4 Å². The molecule has 0 bridgehead atoms. The number of anilines is 1. The van der Waals surface area contributed by atoms with Crippen LogP contribution in [0.1, 0.15) is 11.1 Å². The fourth-order valence-electron chi connectivity index (χ4n) is 1.60. The van der Waals surface area contributed by atoms with E-state index in [0.29, 0.717) is 5.69 Å². The van der Waals surface area contributed by atoms with E-state index >= 15 is 0 Å². The highest BCUT2D eigenvalue weighted by Crippen LogP contribution is 2.31. The molecule has 0 atom stereocenters. The van der Waals surface area contributed by atoms with Crippen LogP contribution in [0.4, 0.5) is 14.5 Å². The number of thioether (sulfide) groups is 1. The second-order valence-corrected chi connectivity index (χ2v) is 4.99. The maximum absolute atomic E-state index is 13.4. The fraction of sp³-hybridized carbons (Fsp3) is 0.143. The van der Waals surface area contributed by atoms with Gasteiger partial charge in [-0.05, 0) is 30.7 Å². The first-order valence-electron chi connectivity index (χ1n) is 5.50. The highest BCUT2D eigenvalue weighted by molar-refractivity contribution is 7.98. The van der Waals surface area contributed by atoms with Crippen molar-refractivity contribution in [3.63, 3.8) is 0 Å². The number of aryl methyl sites for hydroxylation is 1. The van der Waals surface area contributed by atoms with Crippen molar-refractivity contribution in [1.82, 2.24) is 0 Å². The fourth-order valence-corrected chi connectivity index (χ4v) is 2.67. The number of benzene rings is 2. The van der Waals surface area contributed by atoms with E-state index in [9.17, 15) is 8.78 Å². The van der Waals surface area contributed by atoms with E-state index in [1.807, 2.05) is 25.1 Å². The van der Waals surface area contributed by atoms with Crippen LogP contribution in [0.15, 0.2) is 41.3 Å². The van der Waals surface area contributed by atoms with Gasteiger partial charge in [0.25, 0.3) is 0 Å². The summed E-state index contributed by atoms with van der Waals surface area (Å²) < 4.78 is 26.9. The van der Waals surface area contributed by atoms with Crippen LogP contribution in [-0.2, 0) is 5.75 Å². The Morgan fingerprint density at radius 2 is 1.67 bits per heavy atom. The molecule has 0 radical (unpaired) electrons. The lowest BCUT2D eigenvalue weighted by molar-refractivity contribution is 0.566. The summed E-state index contributed by atoms with van der Waals surface area (Å²) in [5.41, 5.74) is 7.63. The molecule has 0 heterocycles. The van der Waals surface area contributed by atoms with Crippen molar-refractivity contribution in [2.75, 3.05) is 5.73 Å². The molecule has 0 amide bonds. The van der Waals surface area contributed by atoms with Crippen LogP contribution in [0.2, 0.25) is 0 Å². The van der Waals surface area contributed by atoms with Gasteiger partial charge in [-0.3, -0.25) is 0 Å². The average molecular weight is 265 g/mol. The van der Waals surface area contributed by atoms with Gasteiger partial charge in [0.2, 0.25) is 0 Å². The maximum Gasteiger partial charge on any atom is 0.130 e. The molecule has 0 aliphatic heterocycles. The van der Waals surface area contributed by atoms with Gasteiger partial charge in [0.05, 0.1) is 0 Å². The van der Waals surface area contributed by atoms with Crippen molar-refractivity contribution in [1.29, 1.82) is 0 Å². The maximum atomic E-state index is 13.4. The highest BCUT2D eigenvalue weighted by atomic mass is 32.2. The van der Waals surface area contributed by atoms with E-state index in [1.165, 1.54) is 30.0 Å². The molecule has 0 saturated heterocycles. The molecule has 0 unspecified atom stereocenters. The summed E-state index contributed by atoms with van der Waals surface area (Å²) >= 11 is 1.34. The Labute approximate surface area is 109 Å². The standard InChI is InChI=1S/C14H13F2NS/c1-9-4-2-7-13(14(9)17)18-8-10-11(15)5-3-6-12(10)16/h2-7H,8,17H2,1H3. The largest absolute Gasteiger partial charge is 0.398 e. The third-order valence-corrected chi connectivity index (χ3v) is 3.82. The molecule has 0 aliphatic carbocycles. The van der Waals surface area contributed by atoms with Gasteiger partial charge in [-0.25, -0.2) is 8.78 Å². The van der Waals surface area contributed by atoms with Crippen LogP contribution in [0.5, 0.6) is 0 Å². The summed E-state index contributed by atoms with van der Waals surface area (Å²) in [6, 6.07) is 9.53. The molecule has 2 rings (SSSR count). The van der Waals surface area contributed by atoms with Gasteiger partial charge in [0, 0.05) is 21.9 Å². The zero-order valence-electron chi connectivity index (χ0n) is 9.91. The lowest BCUT2D eigenvalue weighted by Gasteiger charge is -2.08. The van der Waals surface area contributed by atoms with Gasteiger partial charge < -0.3 is 5.73 Å². The van der Waals surface area contributed by atoms with E-state index in [-0.39, 0.29) is 11.3 Å². The molecule has 0 saturated carbocycles. The van der Waals surface area contributed by atoms with Crippen molar-refractivity contribution in [2.24, 2.45) is 0 Å². The SMILES string of the molecule is Cc1cccc(SCc2c(F)cccc2F)c1N. The normalized spacial score (nSPS) is 10.6. The number of nitrogen functional groups attached to an aromatic ring is 1. The Hall–Kier alpha value is -1.55. The monoisotopic (exact) mass is 265 g/mol. The molecule has 2 N–H and O–H groups in total. The van der Waals surface area contributed by atoms with Gasteiger partial charge in [-0.15, -0.1) is 11.8 Å². The van der Waals surface area contributed by atoms with Crippen molar-refractivity contribution < 1.29 is 8.78 Å². The van der Waals surface area contributed by atoms with Gasteiger partial charge >= 0.3 is 0 Å². The minimum Gasteiger partial charge on any atom is -0.398 e. The van der Waals surface area contributed by atoms with E-state index < -0.39 is 11.6 Å². The number of halogens is 2. The molecule has 0 spiro atoms. The molecule has 1 nitrogen and oxygen atoms in total. The quantitative estimate of drug-likeness (QED) is 0.666. The van der Waals surface area contributed by atoms with Gasteiger partial charge in [0.1, 0.15) is 11.6 Å². The lowest BCUT2D eigenvalue weighted by atomic mass is 10.2. The second kappa shape index (κ2) is 5.40. The summed E-state index contributed by atoms with van der Waals surface area (Å²) in [6.07, 6.45) is 0. The van der Waals surface area contributed by atoms with Crippen LogP contribution >= 0.6 is 11.8 Å². The summed E-state index contributed by atoms with van der Waals surface area (Å²) in [7, 11) is 0. The van der Waals surface area contributed by atoms with Crippen molar-refractivity contribution in [3.05, 3.63) is 59.2 Å². The first-order valence-corrected chi connectivity index (χ1v) is 6.49. The molecule has 94 valence electrons. The number of hydrogen-bond donors (Lipinski definition) is 1. The average Bonchev–Trinajstić information content (AvgIpc) is 2.33. The van der Waals surface area contributed by atoms with Crippen LogP contribution in [0.25, 0.3) is 0 Å². The third kappa shape index (κ3) is 2.64. The lowest BCUT2D eigenvalue weighted by Crippen LogP contribution is -1.95. The van der Waals surface area contributed by atoms with E-state index in [4.69, 9.17) is 5.73 Å². The zero-order chi connectivity index (χ0) is 13.1. The molecule has 0 fully saturated rings. The van der Waals surface area contributed by atoms with Crippen molar-refractivity contribution in [3.8, 4) is 0 Å². The molecular formula is C14H13F2NS. The number of para-hydroxylation sites is 1. The Bertz CT molecular complexity index is 549. The predicted octanol–water partition coefficient (Wildman–Crippen LogP) is 4.15. The van der Waals surface area contributed by atoms with Gasteiger partial charge in [-0.2, -0.15) is 0 Å². The second-order valence-electron chi connectivity index (χ2n) is 3.98. The smallest absolute Gasteiger partial charge is 0.130 e. The molecule has 0 aliphatic rings. The summed E-state index contributed by atoms with van der Waals surface area (Å²) in [5.74, 6) is -0.811. The minimum absolute atomic E-state index is 0.0865. The third-order valence-electron chi connectivity index (χ3n) is 2.72. The molecule has 18 heavy (non-hydrogen) atoms.